The smallest absolute Gasteiger partial charge is 0.261 e. The Morgan fingerprint density at radius 3 is 2.21 bits per heavy atom. The Kier molecular flexibility index (Phi) is 5.34. The highest BCUT2D eigenvalue weighted by molar-refractivity contribution is 7.92. The molecule has 0 radical (unpaired) electrons. The number of rotatable bonds is 5. The molecule has 0 aromatic heterocycles. The topological polar surface area (TPSA) is 61.9 Å². The summed E-state index contributed by atoms with van der Waals surface area (Å²) in [5.74, 6) is 0.742. The summed E-state index contributed by atoms with van der Waals surface area (Å²) in [5, 5.41) is 1.78. The van der Waals surface area contributed by atoms with Gasteiger partial charge in [0.2, 0.25) is 0 Å². The van der Waals surface area contributed by atoms with Gasteiger partial charge in [-0.25, -0.2) is 8.42 Å². The molecule has 4 rings (SSSR count). The third kappa shape index (κ3) is 4.31. The first kappa shape index (κ1) is 19.5. The molecule has 0 saturated carbocycles. The minimum absolute atomic E-state index is 0.235. The maximum absolute atomic E-state index is 12.8. The second-order valence-corrected chi connectivity index (χ2v) is 9.00. The van der Waals surface area contributed by atoms with E-state index in [1.54, 1.807) is 25.3 Å². The van der Waals surface area contributed by atoms with Crippen molar-refractivity contribution >= 4 is 32.2 Å². The highest BCUT2D eigenvalue weighted by Gasteiger charge is 2.17. The van der Waals surface area contributed by atoms with Crippen LogP contribution in [-0.4, -0.2) is 53.7 Å². The van der Waals surface area contributed by atoms with Crippen LogP contribution in [0.3, 0.4) is 0 Å². The maximum atomic E-state index is 12.8. The molecule has 0 spiro atoms. The number of piperazine rings is 1. The fourth-order valence-electron chi connectivity index (χ4n) is 3.52. The normalized spacial score (nSPS) is 15.4. The van der Waals surface area contributed by atoms with Crippen molar-refractivity contribution < 1.29 is 13.2 Å². The first-order valence-corrected chi connectivity index (χ1v) is 11.1. The first-order valence-electron chi connectivity index (χ1n) is 9.59. The molecule has 1 fully saturated rings. The van der Waals surface area contributed by atoms with Gasteiger partial charge in [-0.15, -0.1) is 0 Å². The predicted molar refractivity (Wildman–Crippen MR) is 117 cm³/mol. The van der Waals surface area contributed by atoms with E-state index in [0.29, 0.717) is 5.69 Å². The van der Waals surface area contributed by atoms with Crippen LogP contribution in [-0.2, 0) is 10.0 Å². The van der Waals surface area contributed by atoms with Crippen molar-refractivity contribution in [2.75, 3.05) is 50.0 Å². The minimum Gasteiger partial charge on any atom is -0.497 e. The molecule has 1 saturated heterocycles. The molecule has 0 atom stereocenters. The number of methoxy groups -OCH3 is 1. The van der Waals surface area contributed by atoms with E-state index in [0.717, 1.165) is 48.4 Å². The number of hydrogen-bond donors (Lipinski definition) is 1. The fourth-order valence-corrected chi connectivity index (χ4v) is 4.61. The van der Waals surface area contributed by atoms with Crippen LogP contribution in [0.5, 0.6) is 5.75 Å². The van der Waals surface area contributed by atoms with Crippen molar-refractivity contribution in [1.29, 1.82) is 0 Å². The van der Waals surface area contributed by atoms with E-state index < -0.39 is 10.0 Å². The van der Waals surface area contributed by atoms with E-state index in [-0.39, 0.29) is 4.90 Å². The lowest BCUT2D eigenvalue weighted by Crippen LogP contribution is -2.44. The lowest BCUT2D eigenvalue weighted by molar-refractivity contribution is 0.313. The Balaban J connectivity index is 1.51. The summed E-state index contributed by atoms with van der Waals surface area (Å²) in [4.78, 5) is 4.85. The van der Waals surface area contributed by atoms with Crippen molar-refractivity contribution in [1.82, 2.24) is 4.90 Å². The lowest BCUT2D eigenvalue weighted by atomic mass is 10.1. The predicted octanol–water partition coefficient (Wildman–Crippen LogP) is 3.40. The Morgan fingerprint density at radius 1 is 0.862 bits per heavy atom. The third-order valence-electron chi connectivity index (χ3n) is 5.32. The first-order chi connectivity index (χ1) is 13.9. The number of fused-ring (bicyclic) bond motifs is 1. The zero-order chi connectivity index (χ0) is 20.4. The molecule has 7 heteroatoms. The lowest BCUT2D eigenvalue weighted by Gasteiger charge is -2.34. The zero-order valence-electron chi connectivity index (χ0n) is 16.6. The monoisotopic (exact) mass is 411 g/mol. The molecule has 3 aromatic rings. The Bertz CT molecular complexity index is 1110. The van der Waals surface area contributed by atoms with E-state index in [2.05, 4.69) is 21.6 Å². The van der Waals surface area contributed by atoms with Crippen LogP contribution in [0.2, 0.25) is 0 Å². The Hall–Kier alpha value is -2.77. The SMILES string of the molecule is COc1ccc2cc(S(=O)(=O)Nc3ccc(N4CCN(C)CC4)cc3)ccc2c1. The molecule has 0 unspecified atom stereocenters. The van der Waals surface area contributed by atoms with Crippen molar-refractivity contribution in [3.8, 4) is 5.75 Å². The molecule has 0 aliphatic carbocycles. The Labute approximate surface area is 171 Å². The molecule has 1 aliphatic heterocycles. The number of sulfonamides is 1. The van der Waals surface area contributed by atoms with E-state index in [4.69, 9.17) is 4.74 Å². The molecule has 29 heavy (non-hydrogen) atoms. The van der Waals surface area contributed by atoms with Crippen molar-refractivity contribution in [2.24, 2.45) is 0 Å². The van der Waals surface area contributed by atoms with Gasteiger partial charge in [-0.3, -0.25) is 4.72 Å². The number of likely N-dealkylation sites (N-methyl/N-ethyl adjacent to an activating group) is 1. The summed E-state index contributed by atoms with van der Waals surface area (Å²) in [7, 11) is 0.0666. The highest BCUT2D eigenvalue weighted by atomic mass is 32.2. The summed E-state index contributed by atoms with van der Waals surface area (Å²) >= 11 is 0. The number of ether oxygens (including phenoxy) is 1. The number of hydrogen-bond acceptors (Lipinski definition) is 5. The molecule has 0 amide bonds. The molecule has 3 aromatic carbocycles. The highest BCUT2D eigenvalue weighted by Crippen LogP contribution is 2.26. The van der Waals surface area contributed by atoms with Gasteiger partial charge in [0.25, 0.3) is 10.0 Å². The molecular weight excluding hydrogens is 386 g/mol. The van der Waals surface area contributed by atoms with Crippen LogP contribution in [0.15, 0.2) is 65.6 Å². The third-order valence-corrected chi connectivity index (χ3v) is 6.70. The van der Waals surface area contributed by atoms with Crippen LogP contribution < -0.4 is 14.4 Å². The molecular formula is C22H25N3O3S. The standard InChI is InChI=1S/C22H25N3O3S/c1-24-11-13-25(14-12-24)20-7-5-19(6-8-20)23-29(26,27)22-10-4-17-15-21(28-2)9-3-18(17)16-22/h3-10,15-16,23H,11-14H2,1-2H3. The molecule has 0 bridgehead atoms. The van der Waals surface area contributed by atoms with Gasteiger partial charge in [-0.1, -0.05) is 12.1 Å². The maximum Gasteiger partial charge on any atom is 0.261 e. The molecule has 1 aliphatic rings. The van der Waals surface area contributed by atoms with Crippen molar-refractivity contribution in [3.63, 3.8) is 0 Å². The fraction of sp³-hybridized carbons (Fsp3) is 0.273. The van der Waals surface area contributed by atoms with Gasteiger partial charge in [0.05, 0.1) is 12.0 Å². The van der Waals surface area contributed by atoms with Crippen LogP contribution >= 0.6 is 0 Å². The van der Waals surface area contributed by atoms with Crippen LogP contribution in [0.25, 0.3) is 10.8 Å². The van der Waals surface area contributed by atoms with Crippen LogP contribution in [0.1, 0.15) is 0 Å². The summed E-state index contributed by atoms with van der Waals surface area (Å²) in [6, 6.07) is 18.2. The molecule has 1 heterocycles. The van der Waals surface area contributed by atoms with Crippen molar-refractivity contribution in [2.45, 2.75) is 4.90 Å². The molecule has 152 valence electrons. The quantitative estimate of drug-likeness (QED) is 0.697. The molecule has 1 N–H and O–H groups in total. The summed E-state index contributed by atoms with van der Waals surface area (Å²) in [6.07, 6.45) is 0. The summed E-state index contributed by atoms with van der Waals surface area (Å²) < 4.78 is 33.6. The van der Waals surface area contributed by atoms with E-state index >= 15 is 0 Å². The Morgan fingerprint density at radius 2 is 1.52 bits per heavy atom. The van der Waals surface area contributed by atoms with E-state index in [9.17, 15) is 8.42 Å². The molecule has 6 nitrogen and oxygen atoms in total. The van der Waals surface area contributed by atoms with Gasteiger partial charge in [0.1, 0.15) is 5.75 Å². The minimum atomic E-state index is -3.67. The number of anilines is 2. The summed E-state index contributed by atoms with van der Waals surface area (Å²) in [6.45, 7) is 4.01. The van der Waals surface area contributed by atoms with Gasteiger partial charge in [0, 0.05) is 37.6 Å². The van der Waals surface area contributed by atoms with Crippen molar-refractivity contribution in [3.05, 3.63) is 60.7 Å². The average Bonchev–Trinajstić information content (AvgIpc) is 2.74. The largest absolute Gasteiger partial charge is 0.497 e. The second kappa shape index (κ2) is 7.93. The van der Waals surface area contributed by atoms with Gasteiger partial charge in [-0.05, 0) is 66.4 Å². The number of nitrogens with zero attached hydrogens (tertiary/aromatic N) is 2. The van der Waals surface area contributed by atoms with E-state index in [1.807, 2.05) is 42.5 Å². The zero-order valence-corrected chi connectivity index (χ0v) is 17.4. The number of nitrogens with one attached hydrogen (secondary N) is 1. The summed E-state index contributed by atoms with van der Waals surface area (Å²) in [5.41, 5.74) is 1.67. The van der Waals surface area contributed by atoms with Gasteiger partial charge in [0.15, 0.2) is 0 Å². The average molecular weight is 412 g/mol. The number of benzene rings is 3. The van der Waals surface area contributed by atoms with Crippen LogP contribution in [0.4, 0.5) is 11.4 Å². The second-order valence-electron chi connectivity index (χ2n) is 7.32. The van der Waals surface area contributed by atoms with Gasteiger partial charge >= 0.3 is 0 Å². The van der Waals surface area contributed by atoms with Gasteiger partial charge < -0.3 is 14.5 Å². The van der Waals surface area contributed by atoms with E-state index in [1.165, 1.54) is 0 Å². The van der Waals surface area contributed by atoms with Gasteiger partial charge in [-0.2, -0.15) is 0 Å². The van der Waals surface area contributed by atoms with Crippen LogP contribution in [0, 0.1) is 0 Å².